The first-order valence-corrected chi connectivity index (χ1v) is 2.61. The van der Waals surface area contributed by atoms with E-state index in [1.165, 1.54) is 5.56 Å². The van der Waals surface area contributed by atoms with Gasteiger partial charge in [0.25, 0.3) is 0 Å². The normalized spacial score (nSPS) is 8.11. The number of hydrogen-bond acceptors (Lipinski definition) is 0. The van der Waals surface area contributed by atoms with Crippen molar-refractivity contribution in [1.29, 1.82) is 0 Å². The molecule has 0 unspecified atom stereocenters. The van der Waals surface area contributed by atoms with Gasteiger partial charge in [-0.15, -0.1) is 0 Å². The summed E-state index contributed by atoms with van der Waals surface area (Å²) < 4.78 is 0. The predicted molar refractivity (Wildman–Crippen MR) is 42.3 cm³/mol. The van der Waals surface area contributed by atoms with Gasteiger partial charge in [-0.1, -0.05) is 35.3 Å². The van der Waals surface area contributed by atoms with Crippen molar-refractivity contribution in [3.63, 3.8) is 0 Å². The summed E-state index contributed by atoms with van der Waals surface area (Å²) in [6.07, 6.45) is 0. The van der Waals surface area contributed by atoms with Gasteiger partial charge in [0.1, 0.15) is 7.85 Å². The Morgan fingerprint density at radius 3 is 1.89 bits per heavy atom. The third-order valence-electron chi connectivity index (χ3n) is 1.08. The number of rotatable bonds is 0. The average Bonchev–Trinajstić information content (AvgIpc) is 1.77. The molecule has 0 atom stereocenters. The van der Waals surface area contributed by atoms with Crippen molar-refractivity contribution in [3.05, 3.63) is 29.8 Å². The third-order valence-corrected chi connectivity index (χ3v) is 1.08. The molecule has 0 saturated carbocycles. The molecule has 0 aliphatic carbocycles. The maximum Gasteiger partial charge on any atom is 0.113 e. The van der Waals surface area contributed by atoms with Crippen LogP contribution in [0.15, 0.2) is 24.3 Å². The van der Waals surface area contributed by atoms with Crippen molar-refractivity contribution in [2.45, 2.75) is 6.92 Å². The molecule has 0 aliphatic rings. The molecule has 0 saturated heterocycles. The van der Waals surface area contributed by atoms with Crippen LogP contribution in [-0.4, -0.2) is 16.3 Å². The Hall–Kier alpha value is -0.650. The first kappa shape index (κ1) is 8.35. The molecule has 0 spiro atoms. The van der Waals surface area contributed by atoms with E-state index in [0.717, 1.165) is 5.46 Å². The van der Waals surface area contributed by atoms with Crippen LogP contribution >= 0.6 is 0 Å². The van der Waals surface area contributed by atoms with Crippen LogP contribution in [0.4, 0.5) is 0 Å². The molecule has 2 heteroatoms. The molecule has 0 heterocycles. The Balaban J connectivity index is 0.000000640. The molecule has 0 aromatic heterocycles. The van der Waals surface area contributed by atoms with E-state index in [1.54, 1.807) is 0 Å². The van der Waals surface area contributed by atoms with Gasteiger partial charge in [-0.3, -0.25) is 0 Å². The highest BCUT2D eigenvalue weighted by Gasteiger charge is 1.79. The third kappa shape index (κ3) is 2.41. The van der Waals surface area contributed by atoms with Crippen LogP contribution < -0.4 is 5.46 Å². The second-order valence-electron chi connectivity index (χ2n) is 1.91. The summed E-state index contributed by atoms with van der Waals surface area (Å²) in [6.45, 7) is 2.04. The maximum atomic E-state index is 5.43. The largest absolute Gasteiger partial charge is 0.113 e. The van der Waals surface area contributed by atoms with Gasteiger partial charge in [0, 0.05) is 8.41 Å². The summed E-state index contributed by atoms with van der Waals surface area (Å²) in [5, 5.41) is 0. The Morgan fingerprint density at radius 2 is 1.56 bits per heavy atom. The lowest BCUT2D eigenvalue weighted by molar-refractivity contribution is 1.49. The van der Waals surface area contributed by atoms with Gasteiger partial charge >= 0.3 is 0 Å². The zero-order chi connectivity index (χ0) is 5.98. The molecule has 1 aromatic rings. The summed E-state index contributed by atoms with van der Waals surface area (Å²) in [7, 11) is 5.43. The summed E-state index contributed by atoms with van der Waals surface area (Å²) >= 11 is 0. The standard InChI is InChI=1S/C7H7B.B/c1-6-2-4-7(8)5-3-6;/h2-5H,1H3;. The van der Waals surface area contributed by atoms with E-state index in [2.05, 4.69) is 0 Å². The van der Waals surface area contributed by atoms with E-state index >= 15 is 0 Å². The van der Waals surface area contributed by atoms with Crippen LogP contribution in [0.2, 0.25) is 0 Å². The molecule has 0 N–H and O–H groups in total. The molecule has 1 aromatic carbocycles. The van der Waals surface area contributed by atoms with Gasteiger partial charge in [0.2, 0.25) is 0 Å². The zero-order valence-corrected chi connectivity index (χ0v) is 5.46. The molecular weight excluding hydrogens is 106 g/mol. The van der Waals surface area contributed by atoms with Crippen molar-refractivity contribution in [2.75, 3.05) is 0 Å². The van der Waals surface area contributed by atoms with E-state index < -0.39 is 0 Å². The topological polar surface area (TPSA) is 0 Å². The minimum atomic E-state index is 0. The van der Waals surface area contributed by atoms with Gasteiger partial charge in [-0.25, -0.2) is 0 Å². The Morgan fingerprint density at radius 1 is 1.11 bits per heavy atom. The smallest absolute Gasteiger partial charge is 0.0967 e. The van der Waals surface area contributed by atoms with E-state index in [0.29, 0.717) is 0 Å². The van der Waals surface area contributed by atoms with Gasteiger partial charge in [-0.05, 0) is 6.92 Å². The molecule has 0 amide bonds. The van der Waals surface area contributed by atoms with E-state index in [1.807, 2.05) is 31.2 Å². The summed E-state index contributed by atoms with van der Waals surface area (Å²) in [5.41, 5.74) is 2.08. The highest BCUT2D eigenvalue weighted by molar-refractivity contribution is 6.32. The molecule has 0 nitrogen and oxygen atoms in total. The predicted octanol–water partition coefficient (Wildman–Crippen LogP) is 0.408. The quantitative estimate of drug-likeness (QED) is 0.427. The lowest BCUT2D eigenvalue weighted by atomic mass is 9.96. The lowest BCUT2D eigenvalue weighted by Crippen LogP contribution is -1.98. The molecular formula is C7H7B2. The van der Waals surface area contributed by atoms with Crippen LogP contribution in [0.3, 0.4) is 0 Å². The van der Waals surface area contributed by atoms with Crippen LogP contribution in [0.25, 0.3) is 0 Å². The minimum absolute atomic E-state index is 0. The number of aryl methyl sites for hydroxylation is 1. The van der Waals surface area contributed by atoms with E-state index in [9.17, 15) is 0 Å². The molecule has 5 radical (unpaired) electrons. The van der Waals surface area contributed by atoms with E-state index in [-0.39, 0.29) is 8.41 Å². The fraction of sp³-hybridized carbons (Fsp3) is 0.143. The van der Waals surface area contributed by atoms with Crippen LogP contribution in [0, 0.1) is 6.92 Å². The van der Waals surface area contributed by atoms with Crippen molar-refractivity contribution >= 4 is 21.7 Å². The highest BCUT2D eigenvalue weighted by Crippen LogP contribution is 1.90. The second kappa shape index (κ2) is 3.39. The number of hydrogen-bond donors (Lipinski definition) is 0. The Kier molecular flexibility index (Phi) is 3.15. The molecule has 9 heavy (non-hydrogen) atoms. The van der Waals surface area contributed by atoms with Crippen LogP contribution in [0.1, 0.15) is 5.56 Å². The molecule has 41 valence electrons. The average molecular weight is 113 g/mol. The summed E-state index contributed by atoms with van der Waals surface area (Å²) in [4.78, 5) is 0. The summed E-state index contributed by atoms with van der Waals surface area (Å²) in [6, 6.07) is 7.79. The van der Waals surface area contributed by atoms with Crippen LogP contribution in [0.5, 0.6) is 0 Å². The molecule has 0 fully saturated rings. The van der Waals surface area contributed by atoms with Crippen molar-refractivity contribution < 1.29 is 0 Å². The van der Waals surface area contributed by atoms with Gasteiger partial charge in [0.15, 0.2) is 0 Å². The van der Waals surface area contributed by atoms with Crippen molar-refractivity contribution in [1.82, 2.24) is 0 Å². The van der Waals surface area contributed by atoms with Gasteiger partial charge in [-0.2, -0.15) is 0 Å². The minimum Gasteiger partial charge on any atom is -0.0967 e. The van der Waals surface area contributed by atoms with Gasteiger partial charge < -0.3 is 0 Å². The molecule has 0 bridgehead atoms. The highest BCUT2D eigenvalue weighted by atomic mass is 13.8. The van der Waals surface area contributed by atoms with Gasteiger partial charge in [0.05, 0.1) is 0 Å². The molecule has 0 aliphatic heterocycles. The number of benzene rings is 1. The first-order chi connectivity index (χ1) is 3.79. The van der Waals surface area contributed by atoms with Crippen molar-refractivity contribution in [2.24, 2.45) is 0 Å². The Labute approximate surface area is 59.3 Å². The maximum absolute atomic E-state index is 5.43. The fourth-order valence-electron chi connectivity index (χ4n) is 0.566. The monoisotopic (exact) mass is 113 g/mol. The Bertz CT molecular complexity index is 146. The lowest BCUT2D eigenvalue weighted by Gasteiger charge is -1.90. The second-order valence-corrected chi connectivity index (χ2v) is 1.91. The van der Waals surface area contributed by atoms with Crippen molar-refractivity contribution in [3.8, 4) is 0 Å². The zero-order valence-electron chi connectivity index (χ0n) is 5.46. The molecule has 1 rings (SSSR count). The van der Waals surface area contributed by atoms with E-state index in [4.69, 9.17) is 7.85 Å². The SMILES string of the molecule is [B].[B]c1ccc(C)cc1. The first-order valence-electron chi connectivity index (χ1n) is 2.61. The summed E-state index contributed by atoms with van der Waals surface area (Å²) in [5.74, 6) is 0. The fourth-order valence-corrected chi connectivity index (χ4v) is 0.566. The van der Waals surface area contributed by atoms with Crippen LogP contribution in [-0.2, 0) is 0 Å².